The second-order valence-electron chi connectivity index (χ2n) is 6.69. The maximum Gasteiger partial charge on any atom is 0.410 e. The van der Waals surface area contributed by atoms with Crippen LogP contribution in [0.1, 0.15) is 56.0 Å². The predicted molar refractivity (Wildman–Crippen MR) is 87.9 cm³/mol. The zero-order valence-corrected chi connectivity index (χ0v) is 15.2. The van der Waals surface area contributed by atoms with Crippen LogP contribution in [0.3, 0.4) is 0 Å². The van der Waals surface area contributed by atoms with Crippen LogP contribution in [0.25, 0.3) is 0 Å². The smallest absolute Gasteiger partial charge is 0.410 e. The van der Waals surface area contributed by atoms with Crippen molar-refractivity contribution in [1.82, 2.24) is 9.88 Å². The van der Waals surface area contributed by atoms with Crippen LogP contribution in [0.2, 0.25) is 0 Å². The fourth-order valence-corrected chi connectivity index (χ4v) is 3.30. The number of amides is 1. The lowest BCUT2D eigenvalue weighted by Crippen LogP contribution is -2.45. The molecule has 8 heteroatoms. The Hall–Kier alpha value is -1.70. The van der Waals surface area contributed by atoms with Gasteiger partial charge in [0.2, 0.25) is 0 Å². The molecule has 1 aromatic heterocycles. The van der Waals surface area contributed by atoms with Crippen molar-refractivity contribution in [1.29, 1.82) is 0 Å². The van der Waals surface area contributed by atoms with Gasteiger partial charge in [0, 0.05) is 31.3 Å². The molecule has 1 aromatic rings. The minimum atomic E-state index is -1.63. The van der Waals surface area contributed by atoms with E-state index in [1.807, 2.05) is 0 Å². The van der Waals surface area contributed by atoms with E-state index in [1.54, 1.807) is 27.7 Å². The van der Waals surface area contributed by atoms with E-state index in [2.05, 4.69) is 4.98 Å². The Balaban J connectivity index is 1.99. The molecule has 0 saturated carbocycles. The van der Waals surface area contributed by atoms with Gasteiger partial charge in [-0.25, -0.2) is 19.0 Å². The summed E-state index contributed by atoms with van der Waals surface area (Å²) >= 11 is 1.11. The Kier molecular flexibility index (Phi) is 5.47. The van der Waals surface area contributed by atoms with E-state index < -0.39 is 23.3 Å². The molecule has 0 N–H and O–H groups in total. The summed E-state index contributed by atoms with van der Waals surface area (Å²) in [5.74, 6) is -0.546. The summed E-state index contributed by atoms with van der Waals surface area (Å²) in [5.41, 5.74) is -2.08. The monoisotopic (exact) mass is 358 g/mol. The molecular weight excluding hydrogens is 335 g/mol. The van der Waals surface area contributed by atoms with Crippen molar-refractivity contribution in [2.24, 2.45) is 0 Å². The molecule has 1 amide bonds. The zero-order chi connectivity index (χ0) is 18.0. The summed E-state index contributed by atoms with van der Waals surface area (Å²) in [7, 11) is 0. The van der Waals surface area contributed by atoms with Crippen LogP contribution in [-0.4, -0.2) is 47.2 Å². The van der Waals surface area contributed by atoms with E-state index in [9.17, 15) is 9.59 Å². The van der Waals surface area contributed by atoms with Gasteiger partial charge < -0.3 is 14.4 Å². The third-order valence-electron chi connectivity index (χ3n) is 3.58. The van der Waals surface area contributed by atoms with E-state index >= 15 is 4.39 Å². The molecule has 0 spiro atoms. The number of esters is 1. The van der Waals surface area contributed by atoms with Crippen LogP contribution in [0.4, 0.5) is 9.18 Å². The number of halogens is 1. The highest BCUT2D eigenvalue weighted by atomic mass is 32.1. The normalized spacial score (nSPS) is 17.5. The van der Waals surface area contributed by atoms with Gasteiger partial charge in [0.05, 0.1) is 6.61 Å². The molecule has 0 unspecified atom stereocenters. The van der Waals surface area contributed by atoms with Crippen LogP contribution < -0.4 is 0 Å². The standard InChI is InChI=1S/C16H23FN2O4S/c1-5-22-12(20)11-10-24-13(18-11)16(17)6-8-19(9-7-16)14(21)23-15(2,3)4/h10H,5-9H2,1-4H3. The summed E-state index contributed by atoms with van der Waals surface area (Å²) < 4.78 is 25.3. The second-order valence-corrected chi connectivity index (χ2v) is 7.55. The van der Waals surface area contributed by atoms with Crippen LogP contribution in [0.5, 0.6) is 0 Å². The molecule has 24 heavy (non-hydrogen) atoms. The van der Waals surface area contributed by atoms with Crippen LogP contribution >= 0.6 is 11.3 Å². The maximum atomic E-state index is 15.2. The minimum absolute atomic E-state index is 0.127. The first-order valence-corrected chi connectivity index (χ1v) is 8.82. The van der Waals surface area contributed by atoms with Gasteiger partial charge in [-0.15, -0.1) is 11.3 Å². The molecule has 2 heterocycles. The highest BCUT2D eigenvalue weighted by Crippen LogP contribution is 2.39. The van der Waals surface area contributed by atoms with E-state index in [4.69, 9.17) is 9.47 Å². The number of carbonyl (C=O) groups is 2. The van der Waals surface area contributed by atoms with Crippen molar-refractivity contribution in [3.8, 4) is 0 Å². The van der Waals surface area contributed by atoms with Crippen LogP contribution in [-0.2, 0) is 15.1 Å². The number of nitrogens with zero attached hydrogens (tertiary/aromatic N) is 2. The molecular formula is C16H23FN2O4S. The topological polar surface area (TPSA) is 68.7 Å². The number of piperidine rings is 1. The van der Waals surface area contributed by atoms with E-state index in [-0.39, 0.29) is 43.2 Å². The van der Waals surface area contributed by atoms with Crippen molar-refractivity contribution in [3.63, 3.8) is 0 Å². The first-order chi connectivity index (χ1) is 11.1. The van der Waals surface area contributed by atoms with Gasteiger partial charge in [0.25, 0.3) is 0 Å². The lowest BCUT2D eigenvalue weighted by atomic mass is 9.94. The lowest BCUT2D eigenvalue weighted by molar-refractivity contribution is 0.00215. The van der Waals surface area contributed by atoms with E-state index in [0.29, 0.717) is 0 Å². The first kappa shape index (κ1) is 18.6. The number of alkyl halides is 1. The summed E-state index contributed by atoms with van der Waals surface area (Å²) in [5, 5.41) is 1.77. The Morgan fingerprint density at radius 1 is 1.38 bits per heavy atom. The highest BCUT2D eigenvalue weighted by molar-refractivity contribution is 7.10. The van der Waals surface area contributed by atoms with Crippen molar-refractivity contribution >= 4 is 23.4 Å². The molecule has 0 aromatic carbocycles. The molecule has 1 saturated heterocycles. The number of hydrogen-bond acceptors (Lipinski definition) is 6. The fourth-order valence-electron chi connectivity index (χ4n) is 2.36. The van der Waals surface area contributed by atoms with Gasteiger partial charge in [-0.05, 0) is 27.7 Å². The predicted octanol–water partition coefficient (Wildman–Crippen LogP) is 3.52. The second kappa shape index (κ2) is 7.04. The molecule has 6 nitrogen and oxygen atoms in total. The number of aromatic nitrogens is 1. The van der Waals surface area contributed by atoms with E-state index in [1.165, 1.54) is 10.3 Å². The van der Waals surface area contributed by atoms with E-state index in [0.717, 1.165) is 11.3 Å². The lowest BCUT2D eigenvalue weighted by Gasteiger charge is -2.36. The zero-order valence-electron chi connectivity index (χ0n) is 14.4. The van der Waals surface area contributed by atoms with Crippen molar-refractivity contribution in [2.45, 2.75) is 51.8 Å². The number of hydrogen-bond donors (Lipinski definition) is 0. The summed E-state index contributed by atoms with van der Waals surface area (Å²) in [4.78, 5) is 29.3. The van der Waals surface area contributed by atoms with Gasteiger partial charge in [-0.3, -0.25) is 0 Å². The number of thiazole rings is 1. The summed E-state index contributed by atoms with van der Waals surface area (Å²) in [6.07, 6.45) is -0.180. The minimum Gasteiger partial charge on any atom is -0.461 e. The quantitative estimate of drug-likeness (QED) is 0.774. The molecule has 1 aliphatic rings. The molecule has 1 fully saturated rings. The maximum absolute atomic E-state index is 15.2. The van der Waals surface area contributed by atoms with Crippen LogP contribution in [0, 0.1) is 0 Å². The average Bonchev–Trinajstić information content (AvgIpc) is 2.97. The van der Waals surface area contributed by atoms with Crippen molar-refractivity contribution < 1.29 is 23.5 Å². The number of likely N-dealkylation sites (tertiary alicyclic amines) is 1. The number of ether oxygens (including phenoxy) is 2. The van der Waals surface area contributed by atoms with Crippen molar-refractivity contribution in [3.05, 3.63) is 16.1 Å². The van der Waals surface area contributed by atoms with Gasteiger partial charge in [0.15, 0.2) is 11.4 Å². The fraction of sp³-hybridized carbons (Fsp3) is 0.688. The molecule has 0 radical (unpaired) electrons. The van der Waals surface area contributed by atoms with Gasteiger partial charge in [0.1, 0.15) is 10.6 Å². The molecule has 1 aliphatic heterocycles. The summed E-state index contributed by atoms with van der Waals surface area (Å²) in [6.45, 7) is 7.83. The molecule has 0 bridgehead atoms. The molecule has 0 atom stereocenters. The molecule has 0 aliphatic carbocycles. The highest BCUT2D eigenvalue weighted by Gasteiger charge is 2.41. The van der Waals surface area contributed by atoms with Gasteiger partial charge >= 0.3 is 12.1 Å². The molecule has 2 rings (SSSR count). The Morgan fingerprint density at radius 2 is 2.00 bits per heavy atom. The third-order valence-corrected chi connectivity index (χ3v) is 4.60. The summed E-state index contributed by atoms with van der Waals surface area (Å²) in [6, 6.07) is 0. The Labute approximate surface area is 145 Å². The Morgan fingerprint density at radius 3 is 2.54 bits per heavy atom. The SMILES string of the molecule is CCOC(=O)c1csc(C2(F)CCN(C(=O)OC(C)(C)C)CC2)n1. The van der Waals surface area contributed by atoms with Crippen molar-refractivity contribution in [2.75, 3.05) is 19.7 Å². The largest absolute Gasteiger partial charge is 0.461 e. The van der Waals surface area contributed by atoms with Gasteiger partial charge in [-0.1, -0.05) is 0 Å². The first-order valence-electron chi connectivity index (χ1n) is 7.94. The van der Waals surface area contributed by atoms with Gasteiger partial charge in [-0.2, -0.15) is 0 Å². The average molecular weight is 358 g/mol. The number of carbonyl (C=O) groups excluding carboxylic acids is 2. The third kappa shape index (κ3) is 4.43. The van der Waals surface area contributed by atoms with Crippen LogP contribution in [0.15, 0.2) is 5.38 Å². The number of rotatable bonds is 3. The Bertz CT molecular complexity index is 603. The molecule has 134 valence electrons.